The molecule has 4 N–H and O–H groups in total. The van der Waals surface area contributed by atoms with Gasteiger partial charge in [-0.25, -0.2) is 0 Å². The Morgan fingerprint density at radius 3 is 2.19 bits per heavy atom. The number of para-hydroxylation sites is 1. The molecule has 0 aliphatic carbocycles. The van der Waals surface area contributed by atoms with Crippen LogP contribution in [0.5, 0.6) is 0 Å². The van der Waals surface area contributed by atoms with Crippen LogP contribution in [0.1, 0.15) is 21.5 Å². The van der Waals surface area contributed by atoms with Gasteiger partial charge in [0, 0.05) is 22.5 Å². The summed E-state index contributed by atoms with van der Waals surface area (Å²) in [6.07, 6.45) is 0. The Balaban J connectivity index is 1.90. The standard InChI is InChI=1S/C22H17N3O2/c23-21(26)15-11-12-17-18(13-15)25-22(27)19(17)20(14-7-3-1-4-8-14)24-16-9-5-2-6-10-16/h1-13,24H,(H2,23,26)(H,25,27). The van der Waals surface area contributed by atoms with Crippen molar-refractivity contribution in [2.45, 2.75) is 0 Å². The summed E-state index contributed by atoms with van der Waals surface area (Å²) in [5.74, 6) is -0.760. The fourth-order valence-electron chi connectivity index (χ4n) is 3.12. The molecule has 5 nitrogen and oxygen atoms in total. The minimum atomic E-state index is -0.532. The van der Waals surface area contributed by atoms with Gasteiger partial charge in [-0.05, 0) is 29.8 Å². The Labute approximate surface area is 156 Å². The summed E-state index contributed by atoms with van der Waals surface area (Å²) in [6.45, 7) is 0. The Morgan fingerprint density at radius 2 is 1.52 bits per heavy atom. The summed E-state index contributed by atoms with van der Waals surface area (Å²) in [4.78, 5) is 24.2. The second-order valence-corrected chi connectivity index (χ2v) is 6.19. The molecule has 0 saturated heterocycles. The van der Waals surface area contributed by atoms with E-state index in [1.807, 2.05) is 60.7 Å². The topological polar surface area (TPSA) is 84.2 Å². The van der Waals surface area contributed by atoms with Crippen molar-refractivity contribution in [2.75, 3.05) is 10.6 Å². The maximum absolute atomic E-state index is 12.8. The number of hydrogen-bond donors (Lipinski definition) is 3. The molecule has 1 aliphatic heterocycles. The van der Waals surface area contributed by atoms with Crippen LogP contribution in [-0.4, -0.2) is 11.8 Å². The zero-order valence-corrected chi connectivity index (χ0v) is 14.4. The number of carbonyl (C=O) groups is 2. The van der Waals surface area contributed by atoms with Crippen LogP contribution in [0.4, 0.5) is 11.4 Å². The molecule has 0 aromatic heterocycles. The highest BCUT2D eigenvalue weighted by molar-refractivity contribution is 6.37. The molecular weight excluding hydrogens is 338 g/mol. The van der Waals surface area contributed by atoms with Gasteiger partial charge in [0.1, 0.15) is 0 Å². The summed E-state index contributed by atoms with van der Waals surface area (Å²) in [5, 5.41) is 6.21. The molecular formula is C22H17N3O2. The van der Waals surface area contributed by atoms with Gasteiger partial charge in [0.05, 0.1) is 11.3 Å². The lowest BCUT2D eigenvalue weighted by molar-refractivity contribution is -0.110. The van der Waals surface area contributed by atoms with Gasteiger partial charge in [-0.2, -0.15) is 0 Å². The largest absolute Gasteiger partial charge is 0.366 e. The molecule has 0 spiro atoms. The molecule has 3 aromatic carbocycles. The number of nitrogens with one attached hydrogen (secondary N) is 2. The van der Waals surface area contributed by atoms with E-state index in [9.17, 15) is 9.59 Å². The predicted octanol–water partition coefficient (Wildman–Crippen LogP) is 3.72. The van der Waals surface area contributed by atoms with Crippen molar-refractivity contribution in [1.82, 2.24) is 0 Å². The lowest BCUT2D eigenvalue weighted by Gasteiger charge is -2.14. The van der Waals surface area contributed by atoms with E-state index in [4.69, 9.17) is 5.73 Å². The van der Waals surface area contributed by atoms with E-state index >= 15 is 0 Å². The van der Waals surface area contributed by atoms with Crippen molar-refractivity contribution >= 4 is 34.5 Å². The minimum absolute atomic E-state index is 0.228. The predicted molar refractivity (Wildman–Crippen MR) is 107 cm³/mol. The molecule has 1 aliphatic rings. The van der Waals surface area contributed by atoms with Crippen LogP contribution >= 0.6 is 0 Å². The van der Waals surface area contributed by atoms with Crippen LogP contribution in [0.15, 0.2) is 78.9 Å². The average molecular weight is 355 g/mol. The number of primary amides is 1. The van der Waals surface area contributed by atoms with E-state index in [0.717, 1.165) is 16.8 Å². The van der Waals surface area contributed by atoms with Gasteiger partial charge < -0.3 is 16.4 Å². The average Bonchev–Trinajstić information content (AvgIpc) is 3.02. The number of amides is 2. The van der Waals surface area contributed by atoms with Crippen LogP contribution in [0.3, 0.4) is 0 Å². The molecule has 0 fully saturated rings. The number of hydrogen-bond acceptors (Lipinski definition) is 3. The van der Waals surface area contributed by atoms with Gasteiger partial charge in [-0.3, -0.25) is 9.59 Å². The fraction of sp³-hybridized carbons (Fsp3) is 0. The van der Waals surface area contributed by atoms with Gasteiger partial charge in [-0.1, -0.05) is 54.6 Å². The zero-order valence-electron chi connectivity index (χ0n) is 14.4. The molecule has 3 aromatic rings. The van der Waals surface area contributed by atoms with Crippen molar-refractivity contribution < 1.29 is 9.59 Å². The summed E-state index contributed by atoms with van der Waals surface area (Å²) >= 11 is 0. The van der Waals surface area contributed by atoms with E-state index in [1.54, 1.807) is 18.2 Å². The van der Waals surface area contributed by atoms with Crippen molar-refractivity contribution in [3.63, 3.8) is 0 Å². The first-order chi connectivity index (χ1) is 13.1. The van der Waals surface area contributed by atoms with Gasteiger partial charge in [0.15, 0.2) is 0 Å². The van der Waals surface area contributed by atoms with Crippen LogP contribution in [0.2, 0.25) is 0 Å². The third kappa shape index (κ3) is 3.18. The molecule has 27 heavy (non-hydrogen) atoms. The van der Waals surface area contributed by atoms with Crippen molar-refractivity contribution in [1.29, 1.82) is 0 Å². The SMILES string of the molecule is NC(=O)c1ccc2c(c1)NC(=O)C2=C(Nc1ccccc1)c1ccccc1. The van der Waals surface area contributed by atoms with E-state index in [2.05, 4.69) is 10.6 Å². The van der Waals surface area contributed by atoms with Crippen LogP contribution in [-0.2, 0) is 4.79 Å². The van der Waals surface area contributed by atoms with E-state index in [0.29, 0.717) is 22.5 Å². The maximum Gasteiger partial charge on any atom is 0.258 e. The molecule has 2 amide bonds. The third-order valence-electron chi connectivity index (χ3n) is 4.40. The second-order valence-electron chi connectivity index (χ2n) is 6.19. The third-order valence-corrected chi connectivity index (χ3v) is 4.40. The van der Waals surface area contributed by atoms with Gasteiger partial charge in [-0.15, -0.1) is 0 Å². The fourth-order valence-corrected chi connectivity index (χ4v) is 3.12. The normalized spacial score (nSPS) is 14.3. The van der Waals surface area contributed by atoms with E-state index in [1.165, 1.54) is 0 Å². The van der Waals surface area contributed by atoms with E-state index in [-0.39, 0.29) is 5.91 Å². The number of nitrogens with two attached hydrogens (primary N) is 1. The first kappa shape index (κ1) is 16.6. The summed E-state index contributed by atoms with van der Waals surface area (Å²) < 4.78 is 0. The number of carbonyl (C=O) groups excluding carboxylic acids is 2. The van der Waals surface area contributed by atoms with Gasteiger partial charge in [0.25, 0.3) is 5.91 Å². The molecule has 5 heteroatoms. The van der Waals surface area contributed by atoms with Crippen molar-refractivity contribution in [3.8, 4) is 0 Å². The van der Waals surface area contributed by atoms with Crippen molar-refractivity contribution in [3.05, 3.63) is 95.6 Å². The first-order valence-electron chi connectivity index (χ1n) is 8.51. The minimum Gasteiger partial charge on any atom is -0.366 e. The highest BCUT2D eigenvalue weighted by Gasteiger charge is 2.29. The molecule has 132 valence electrons. The molecule has 0 saturated carbocycles. The monoisotopic (exact) mass is 355 g/mol. The lowest BCUT2D eigenvalue weighted by atomic mass is 9.99. The van der Waals surface area contributed by atoms with E-state index < -0.39 is 5.91 Å². The molecule has 1 heterocycles. The molecule has 0 bridgehead atoms. The first-order valence-corrected chi connectivity index (χ1v) is 8.51. The molecule has 0 unspecified atom stereocenters. The van der Waals surface area contributed by atoms with Crippen LogP contribution in [0.25, 0.3) is 11.3 Å². The lowest BCUT2D eigenvalue weighted by Crippen LogP contribution is -2.11. The Bertz CT molecular complexity index is 1060. The number of fused-ring (bicyclic) bond motifs is 1. The highest BCUT2D eigenvalue weighted by atomic mass is 16.2. The quantitative estimate of drug-likeness (QED) is 0.624. The summed E-state index contributed by atoms with van der Waals surface area (Å²) in [7, 11) is 0. The van der Waals surface area contributed by atoms with Crippen molar-refractivity contribution in [2.24, 2.45) is 5.73 Å². The van der Waals surface area contributed by atoms with Gasteiger partial charge in [0.2, 0.25) is 5.91 Å². The van der Waals surface area contributed by atoms with Gasteiger partial charge >= 0.3 is 0 Å². The van der Waals surface area contributed by atoms with Crippen LogP contribution in [0, 0.1) is 0 Å². The van der Waals surface area contributed by atoms with Crippen LogP contribution < -0.4 is 16.4 Å². The smallest absolute Gasteiger partial charge is 0.258 e. The molecule has 4 rings (SSSR count). The maximum atomic E-state index is 12.8. The summed E-state index contributed by atoms with van der Waals surface area (Å²) in [6, 6.07) is 24.3. The Hall–Kier alpha value is -3.86. The second kappa shape index (κ2) is 6.80. The molecule has 0 radical (unpaired) electrons. The Morgan fingerprint density at radius 1 is 0.852 bits per heavy atom. The summed E-state index contributed by atoms with van der Waals surface area (Å²) in [5.41, 5.74) is 10.0. The number of rotatable bonds is 4. The number of benzene rings is 3. The highest BCUT2D eigenvalue weighted by Crippen LogP contribution is 2.37. The Kier molecular flexibility index (Phi) is 4.18. The number of anilines is 2. The molecule has 0 atom stereocenters. The zero-order chi connectivity index (χ0) is 18.8.